The number of carbonyl (C=O) groups is 6. The molecule has 788 valence electrons. The van der Waals surface area contributed by atoms with Crippen molar-refractivity contribution < 1.29 is 47.7 Å². The van der Waals surface area contributed by atoms with Crippen LogP contribution in [0.25, 0.3) is 0 Å². The number of rotatable bonds is 106. The molecule has 6 unspecified atom stereocenters. The van der Waals surface area contributed by atoms with E-state index >= 15 is 0 Å². The van der Waals surface area contributed by atoms with Gasteiger partial charge < -0.3 is 38.5 Å². The van der Waals surface area contributed by atoms with Gasteiger partial charge in [0.15, 0.2) is 0 Å². The van der Waals surface area contributed by atoms with Gasteiger partial charge in [-0.15, -0.1) is 0 Å². The van der Waals surface area contributed by atoms with Crippen LogP contribution in [-0.2, 0) is 47.7 Å². The quantitative estimate of drug-likeness (QED) is 0.0324. The van der Waals surface area contributed by atoms with Crippen molar-refractivity contribution in [3.8, 4) is 0 Å². The average Bonchev–Trinajstić information content (AvgIpc) is 0.886. The fourth-order valence-corrected chi connectivity index (χ4v) is 20.8. The number of ether oxygens (including phenoxy) is 4. The number of esters is 4. The Balaban J connectivity index is 5.56. The fourth-order valence-electron chi connectivity index (χ4n) is 20.8. The summed E-state index contributed by atoms with van der Waals surface area (Å²) in [6, 6.07) is 0.600. The second kappa shape index (κ2) is 98.9. The number of amides is 2. The van der Waals surface area contributed by atoms with E-state index in [2.05, 4.69) is 117 Å². The summed E-state index contributed by atoms with van der Waals surface area (Å²) in [7, 11) is 8.58. The Morgan fingerprint density at radius 2 is 0.368 bits per heavy atom. The molecule has 0 bridgehead atoms. The number of hydrogen-bond donors (Lipinski definition) is 0. The highest BCUT2D eigenvalue weighted by Gasteiger charge is 2.29. The van der Waals surface area contributed by atoms with Crippen molar-refractivity contribution in [2.24, 2.45) is 35.5 Å². The van der Waals surface area contributed by atoms with Crippen LogP contribution in [0.4, 0.5) is 0 Å². The molecule has 0 aliphatic carbocycles. The molecule has 2 amide bonds. The van der Waals surface area contributed by atoms with E-state index in [1.54, 1.807) is 0 Å². The molecule has 0 saturated heterocycles. The van der Waals surface area contributed by atoms with Crippen molar-refractivity contribution >= 4 is 35.7 Å². The minimum absolute atomic E-state index is 0.0225. The predicted octanol–water partition coefficient (Wildman–Crippen LogP) is 35.0. The highest BCUT2D eigenvalue weighted by molar-refractivity contribution is 5.77. The van der Waals surface area contributed by atoms with Gasteiger partial charge in [0, 0.05) is 38.0 Å². The Bertz CT molecular complexity index is 2490. The van der Waals surface area contributed by atoms with Gasteiger partial charge in [-0.2, -0.15) is 0 Å². The number of nitrogens with zero attached hydrogens (tertiary/aromatic N) is 4. The van der Waals surface area contributed by atoms with Crippen LogP contribution in [0, 0.1) is 35.5 Å². The maximum absolute atomic E-state index is 14.3. The summed E-state index contributed by atoms with van der Waals surface area (Å²) in [4.78, 5) is 92.0. The lowest BCUT2D eigenvalue weighted by Gasteiger charge is -2.33. The van der Waals surface area contributed by atoms with E-state index < -0.39 is 0 Å². The third kappa shape index (κ3) is 79.1. The molecular formula is C119H232N4O10. The number of carbonyl (C=O) groups excluding carboxylic acids is 6. The Morgan fingerprint density at radius 3 is 0.579 bits per heavy atom. The first-order chi connectivity index (χ1) is 65.0. The molecule has 0 saturated carbocycles. The molecule has 0 aromatic carbocycles. The van der Waals surface area contributed by atoms with Gasteiger partial charge in [0.25, 0.3) is 0 Å². The third-order valence-electron chi connectivity index (χ3n) is 29.7. The third-order valence-corrected chi connectivity index (χ3v) is 29.7. The zero-order chi connectivity index (χ0) is 97.6. The Kier molecular flexibility index (Phi) is 96.5. The van der Waals surface area contributed by atoms with E-state index in [9.17, 15) is 28.8 Å². The summed E-state index contributed by atoms with van der Waals surface area (Å²) in [5, 5.41) is 0. The van der Waals surface area contributed by atoms with Crippen molar-refractivity contribution in [1.29, 1.82) is 0 Å². The van der Waals surface area contributed by atoms with E-state index in [0.717, 1.165) is 302 Å². The lowest BCUT2D eigenvalue weighted by molar-refractivity contribution is -0.150. The summed E-state index contributed by atoms with van der Waals surface area (Å²) < 4.78 is 24.2. The van der Waals surface area contributed by atoms with Crippen LogP contribution in [0.3, 0.4) is 0 Å². The molecule has 0 heterocycles. The summed E-state index contributed by atoms with van der Waals surface area (Å²) in [6.45, 7) is 28.6. The largest absolute Gasteiger partial charge is 0.465 e. The SMILES string of the molecule is CCCCCCCCC(=O)N(CCCN(C)C)C(CCCCCCCCOC(=O)C(CCCCCC)CCCCCC)CCCCCCCCOC(=O)C(CCCCCC)CCCC(CC)C(CC)CCCC(CCCCCC)C(=O)OCCCCCCCCCC(CCCCCCCCCOC(=O)C(CCCCCC)CCCCCC)N(CCCN(C)C)C(=O)CCCCCCC. The monoisotopic (exact) mass is 1880 g/mol. The second-order valence-electron chi connectivity index (χ2n) is 42.6. The smallest absolute Gasteiger partial charge is 0.308 e. The zero-order valence-electron chi connectivity index (χ0n) is 91.8. The first-order valence-corrected chi connectivity index (χ1v) is 59.5. The normalized spacial score (nSPS) is 13.2. The number of unbranched alkanes of at least 4 members (excludes halogenated alkanes) is 49. The molecule has 14 heteroatoms. The van der Waals surface area contributed by atoms with Crippen molar-refractivity contribution in [2.75, 3.05) is 80.8 Å². The summed E-state index contributed by atoms with van der Waals surface area (Å²) >= 11 is 0. The predicted molar refractivity (Wildman–Crippen MR) is 573 cm³/mol. The lowest BCUT2D eigenvalue weighted by atomic mass is 9.79. The van der Waals surface area contributed by atoms with Gasteiger partial charge in [0.05, 0.1) is 50.1 Å². The Labute approximate surface area is 828 Å². The molecule has 0 spiro atoms. The van der Waals surface area contributed by atoms with E-state index in [1.165, 1.54) is 244 Å². The molecule has 0 radical (unpaired) electrons. The van der Waals surface area contributed by atoms with Gasteiger partial charge >= 0.3 is 23.9 Å². The van der Waals surface area contributed by atoms with E-state index in [0.29, 0.717) is 69.0 Å². The van der Waals surface area contributed by atoms with Crippen molar-refractivity contribution in [2.45, 2.75) is 614 Å². The summed E-state index contributed by atoms with van der Waals surface area (Å²) in [5.74, 6) is 2.22. The Hall–Kier alpha value is -3.26. The van der Waals surface area contributed by atoms with E-state index in [4.69, 9.17) is 18.9 Å². The maximum Gasteiger partial charge on any atom is 0.308 e. The Morgan fingerprint density at radius 1 is 0.188 bits per heavy atom. The van der Waals surface area contributed by atoms with Gasteiger partial charge in [0.1, 0.15) is 0 Å². The first-order valence-electron chi connectivity index (χ1n) is 59.5. The van der Waals surface area contributed by atoms with Crippen LogP contribution in [0.15, 0.2) is 0 Å². The molecule has 0 aliphatic rings. The molecule has 0 fully saturated rings. The van der Waals surface area contributed by atoms with Crippen LogP contribution in [0.5, 0.6) is 0 Å². The molecule has 133 heavy (non-hydrogen) atoms. The molecule has 0 aliphatic heterocycles. The fraction of sp³-hybridized carbons (Fsp3) is 0.950. The topological polar surface area (TPSA) is 152 Å². The molecule has 0 N–H and O–H groups in total. The minimum atomic E-state index is -0.0279. The van der Waals surface area contributed by atoms with Gasteiger partial charge in [-0.05, 0) is 182 Å². The van der Waals surface area contributed by atoms with Crippen LogP contribution in [0.2, 0.25) is 0 Å². The highest BCUT2D eigenvalue weighted by atomic mass is 16.5. The lowest BCUT2D eigenvalue weighted by Crippen LogP contribution is -2.41. The standard InChI is InChI=1S/C119H232N4O10/c1-15-25-33-41-57-73-97-115(125)123(101-81-99-121(13)14)113(94-70-55-46-50-60-76-103-131-117(127)109(84-64-37-29-19-5)85-65-38-30-20-6)95-71-56-47-51-61-77-105-133-119(129)111(87-67-40-32-22-8)91-79-89-107(24-10)106(23-9)88-78-90-110(86-66-39-31-21-7)118(128)132-104-75-59-49-43-45-54-69-93-112(122(100-80-98-120(11)12)114(124)96-72-52-34-26-16-2)92-68-53-44-42-48-58-74-102-130-116(126)108(82-62-35-27-17-3)83-63-36-28-18-4/h106-113H,15-105H2,1-14H3. The molecule has 0 aromatic heterocycles. The number of hydrogen-bond acceptors (Lipinski definition) is 12. The molecule has 14 nitrogen and oxygen atoms in total. The van der Waals surface area contributed by atoms with Crippen molar-refractivity contribution in [3.63, 3.8) is 0 Å². The van der Waals surface area contributed by atoms with Gasteiger partial charge in [0.2, 0.25) is 11.8 Å². The minimum Gasteiger partial charge on any atom is -0.465 e. The van der Waals surface area contributed by atoms with E-state index in [1.807, 2.05) is 0 Å². The van der Waals surface area contributed by atoms with Gasteiger partial charge in [-0.3, -0.25) is 28.8 Å². The van der Waals surface area contributed by atoms with Crippen molar-refractivity contribution in [3.05, 3.63) is 0 Å². The van der Waals surface area contributed by atoms with Gasteiger partial charge in [-0.25, -0.2) is 0 Å². The zero-order valence-corrected chi connectivity index (χ0v) is 91.8. The molecule has 6 atom stereocenters. The van der Waals surface area contributed by atoms with Crippen LogP contribution >= 0.6 is 0 Å². The van der Waals surface area contributed by atoms with Crippen LogP contribution in [0.1, 0.15) is 602 Å². The first kappa shape index (κ1) is 130. The highest BCUT2D eigenvalue weighted by Crippen LogP contribution is 2.34. The average molecular weight is 1880 g/mol. The van der Waals surface area contributed by atoms with Gasteiger partial charge in [-0.1, -0.05) is 461 Å². The molecule has 0 rings (SSSR count). The molecular weight excluding hydrogens is 1650 g/mol. The van der Waals surface area contributed by atoms with Crippen molar-refractivity contribution in [1.82, 2.24) is 19.6 Å². The summed E-state index contributed by atoms with van der Waals surface area (Å²) in [6.07, 6.45) is 93.0. The van der Waals surface area contributed by atoms with Crippen LogP contribution < -0.4 is 0 Å². The van der Waals surface area contributed by atoms with Crippen LogP contribution in [-0.4, -0.2) is 148 Å². The second-order valence-corrected chi connectivity index (χ2v) is 42.6. The maximum atomic E-state index is 14.3. The van der Waals surface area contributed by atoms with E-state index in [-0.39, 0.29) is 53.6 Å². The molecule has 0 aromatic rings. The summed E-state index contributed by atoms with van der Waals surface area (Å²) in [5.41, 5.74) is 0.